The summed E-state index contributed by atoms with van der Waals surface area (Å²) in [7, 11) is 0. The zero-order valence-electron chi connectivity index (χ0n) is 12.3. The molecule has 4 N–H and O–H groups in total. The summed E-state index contributed by atoms with van der Waals surface area (Å²) in [4.78, 5) is 31.5. The lowest BCUT2D eigenvalue weighted by atomic mass is 9.96. The molecule has 22 heavy (non-hydrogen) atoms. The number of furan rings is 1. The normalized spacial score (nSPS) is 15.7. The quantitative estimate of drug-likeness (QED) is 0.689. The molecule has 0 spiro atoms. The summed E-state index contributed by atoms with van der Waals surface area (Å²) in [6.45, 7) is 4.63. The van der Waals surface area contributed by atoms with Crippen LogP contribution in [0.3, 0.4) is 0 Å². The average Bonchev–Trinajstić information content (AvgIpc) is 2.85. The summed E-state index contributed by atoms with van der Waals surface area (Å²) in [6, 6.07) is 3.99. The van der Waals surface area contributed by atoms with Crippen molar-refractivity contribution >= 4 is 17.8 Å². The van der Waals surface area contributed by atoms with Gasteiger partial charge in [-0.15, -0.1) is 0 Å². The number of carboxylic acid groups (broad SMARTS) is 2. The summed E-state index contributed by atoms with van der Waals surface area (Å²) in [5, 5.41) is 14.8. The van der Waals surface area contributed by atoms with E-state index in [-0.39, 0.29) is 11.8 Å². The van der Waals surface area contributed by atoms with E-state index >= 15 is 0 Å². The number of hydrogen-bond acceptors (Lipinski definition) is 5. The average molecular weight is 312 g/mol. The summed E-state index contributed by atoms with van der Waals surface area (Å²) >= 11 is 0. The molecule has 0 aliphatic carbocycles. The van der Waals surface area contributed by atoms with Crippen LogP contribution >= 0.6 is 0 Å². The molecule has 1 fully saturated rings. The molecule has 2 rings (SSSR count). The van der Waals surface area contributed by atoms with E-state index in [9.17, 15) is 4.79 Å². The number of nitrogens with zero attached hydrogens (tertiary/aromatic N) is 1. The minimum Gasteiger partial charge on any atom is -0.473 e. The van der Waals surface area contributed by atoms with Crippen molar-refractivity contribution in [3.63, 3.8) is 0 Å². The van der Waals surface area contributed by atoms with Crippen molar-refractivity contribution in [3.8, 4) is 0 Å². The van der Waals surface area contributed by atoms with Gasteiger partial charge in [0.15, 0.2) is 0 Å². The number of aliphatic carboxylic acids is 2. The highest BCUT2D eigenvalue weighted by Crippen LogP contribution is 2.19. The molecule has 0 radical (unpaired) electrons. The highest BCUT2D eigenvalue weighted by atomic mass is 16.4. The smallest absolute Gasteiger partial charge is 0.414 e. The number of likely N-dealkylation sites (tertiary alicyclic amines) is 1. The zero-order valence-corrected chi connectivity index (χ0v) is 12.3. The third-order valence-corrected chi connectivity index (χ3v) is 3.35. The molecule has 1 saturated heterocycles. The number of nitrogens with two attached hydrogens (primary N) is 1. The number of aryl methyl sites for hydroxylation is 1. The van der Waals surface area contributed by atoms with Gasteiger partial charge in [-0.2, -0.15) is 0 Å². The zero-order chi connectivity index (χ0) is 16.7. The number of carbonyl (C=O) groups excluding carboxylic acids is 1. The molecule has 2 heterocycles. The van der Waals surface area contributed by atoms with Crippen molar-refractivity contribution in [2.24, 2.45) is 11.7 Å². The summed E-state index contributed by atoms with van der Waals surface area (Å²) < 4.78 is 5.53. The van der Waals surface area contributed by atoms with Crippen molar-refractivity contribution in [1.82, 2.24) is 4.90 Å². The third-order valence-electron chi connectivity index (χ3n) is 3.35. The van der Waals surface area contributed by atoms with Crippen molar-refractivity contribution < 1.29 is 29.0 Å². The van der Waals surface area contributed by atoms with Crippen molar-refractivity contribution in [1.29, 1.82) is 0 Å². The van der Waals surface area contributed by atoms with Gasteiger partial charge in [-0.05, 0) is 45.0 Å². The fraction of sp³-hybridized carbons (Fsp3) is 0.500. The molecule has 8 nitrogen and oxygen atoms in total. The predicted octanol–water partition coefficient (Wildman–Crippen LogP) is 0.441. The topological polar surface area (TPSA) is 134 Å². The van der Waals surface area contributed by atoms with Gasteiger partial charge in [0.1, 0.15) is 11.5 Å². The summed E-state index contributed by atoms with van der Waals surface area (Å²) in [5.74, 6) is -1.80. The standard InChI is InChI=1S/C12H18N2O2.C2H2O4/c1-9-2-3-11(16-9)8-14-6-4-10(5-7-14)12(13)15;3-1(4)2(5)6/h2-3,10H,4-8H2,1H3,(H2,13,15);(H,3,4)(H,5,6). The van der Waals surface area contributed by atoms with Gasteiger partial charge in [0, 0.05) is 5.92 Å². The Bertz CT molecular complexity index is 519. The Kier molecular flexibility index (Phi) is 6.58. The molecule has 1 aromatic rings. The van der Waals surface area contributed by atoms with Gasteiger partial charge in [-0.1, -0.05) is 0 Å². The van der Waals surface area contributed by atoms with E-state index in [4.69, 9.17) is 30.0 Å². The predicted molar refractivity (Wildman–Crippen MR) is 75.9 cm³/mol. The monoisotopic (exact) mass is 312 g/mol. The fourth-order valence-corrected chi connectivity index (χ4v) is 2.17. The van der Waals surface area contributed by atoms with Crippen LogP contribution in [0.1, 0.15) is 24.4 Å². The van der Waals surface area contributed by atoms with Gasteiger partial charge >= 0.3 is 11.9 Å². The van der Waals surface area contributed by atoms with Crippen LogP contribution in [-0.4, -0.2) is 46.0 Å². The second kappa shape index (κ2) is 8.18. The van der Waals surface area contributed by atoms with E-state index in [1.54, 1.807) is 0 Å². The van der Waals surface area contributed by atoms with Crippen LogP contribution in [0.25, 0.3) is 0 Å². The minimum atomic E-state index is -1.82. The number of carboxylic acids is 2. The first-order valence-corrected chi connectivity index (χ1v) is 6.82. The SMILES string of the molecule is Cc1ccc(CN2CCC(C(N)=O)CC2)o1.O=C(O)C(=O)O. The molecule has 0 saturated carbocycles. The van der Waals surface area contributed by atoms with Gasteiger partial charge in [0.05, 0.1) is 6.54 Å². The first-order chi connectivity index (χ1) is 10.3. The molecule has 1 aromatic heterocycles. The maximum absolute atomic E-state index is 11.0. The van der Waals surface area contributed by atoms with Crippen LogP contribution in [0.15, 0.2) is 16.5 Å². The van der Waals surface area contributed by atoms with Crippen molar-refractivity contribution in [2.75, 3.05) is 13.1 Å². The summed E-state index contributed by atoms with van der Waals surface area (Å²) in [6.07, 6.45) is 1.74. The molecule has 122 valence electrons. The van der Waals surface area contributed by atoms with Gasteiger partial charge < -0.3 is 20.4 Å². The lowest BCUT2D eigenvalue weighted by Gasteiger charge is -2.29. The van der Waals surface area contributed by atoms with E-state index in [0.717, 1.165) is 44.0 Å². The first kappa shape index (κ1) is 17.7. The van der Waals surface area contributed by atoms with E-state index in [1.807, 2.05) is 19.1 Å². The van der Waals surface area contributed by atoms with Crippen LogP contribution in [-0.2, 0) is 20.9 Å². The molecule has 1 aliphatic heterocycles. The fourth-order valence-electron chi connectivity index (χ4n) is 2.17. The molecule has 8 heteroatoms. The number of carbonyl (C=O) groups is 3. The molecule has 0 aromatic carbocycles. The second-order valence-electron chi connectivity index (χ2n) is 5.08. The largest absolute Gasteiger partial charge is 0.473 e. The number of rotatable bonds is 3. The number of primary amides is 1. The number of piperidine rings is 1. The molecule has 0 unspecified atom stereocenters. The highest BCUT2D eigenvalue weighted by Gasteiger charge is 2.23. The Hall–Kier alpha value is -2.35. The highest BCUT2D eigenvalue weighted by molar-refractivity contribution is 6.27. The van der Waals surface area contributed by atoms with Crippen LogP contribution < -0.4 is 5.73 Å². The van der Waals surface area contributed by atoms with Gasteiger partial charge in [0.25, 0.3) is 0 Å². The van der Waals surface area contributed by atoms with Crippen LogP contribution in [0.2, 0.25) is 0 Å². The Morgan fingerprint density at radius 3 is 2.14 bits per heavy atom. The number of hydrogen-bond donors (Lipinski definition) is 3. The van der Waals surface area contributed by atoms with Gasteiger partial charge in [0.2, 0.25) is 5.91 Å². The number of amides is 1. The minimum absolute atomic E-state index is 0.0644. The maximum Gasteiger partial charge on any atom is 0.414 e. The Labute approximate surface area is 127 Å². The van der Waals surface area contributed by atoms with Crippen molar-refractivity contribution in [2.45, 2.75) is 26.3 Å². The van der Waals surface area contributed by atoms with Crippen LogP contribution in [0.5, 0.6) is 0 Å². The lowest BCUT2D eigenvalue weighted by Crippen LogP contribution is -2.38. The van der Waals surface area contributed by atoms with Crippen LogP contribution in [0, 0.1) is 12.8 Å². The molecule has 0 bridgehead atoms. The van der Waals surface area contributed by atoms with Crippen LogP contribution in [0.4, 0.5) is 0 Å². The lowest BCUT2D eigenvalue weighted by molar-refractivity contribution is -0.159. The molecular formula is C14H20N2O6. The first-order valence-electron chi connectivity index (χ1n) is 6.82. The Morgan fingerprint density at radius 1 is 1.23 bits per heavy atom. The van der Waals surface area contributed by atoms with Gasteiger partial charge in [-0.25, -0.2) is 9.59 Å². The van der Waals surface area contributed by atoms with E-state index in [1.165, 1.54) is 0 Å². The second-order valence-corrected chi connectivity index (χ2v) is 5.08. The molecule has 0 atom stereocenters. The van der Waals surface area contributed by atoms with E-state index < -0.39 is 11.9 Å². The van der Waals surface area contributed by atoms with Crippen molar-refractivity contribution in [3.05, 3.63) is 23.7 Å². The molecular weight excluding hydrogens is 292 g/mol. The van der Waals surface area contributed by atoms with E-state index in [0.29, 0.717) is 0 Å². The Morgan fingerprint density at radius 2 is 1.77 bits per heavy atom. The third kappa shape index (κ3) is 5.96. The molecule has 1 amide bonds. The summed E-state index contributed by atoms with van der Waals surface area (Å²) in [5.41, 5.74) is 5.29. The maximum atomic E-state index is 11.0. The Balaban J connectivity index is 0.000000346. The molecule has 1 aliphatic rings. The van der Waals surface area contributed by atoms with E-state index in [2.05, 4.69) is 4.90 Å². The van der Waals surface area contributed by atoms with Gasteiger partial charge in [-0.3, -0.25) is 9.69 Å².